The fraction of sp³-hybridized carbons (Fsp3) is 0.0769. The van der Waals surface area contributed by atoms with Gasteiger partial charge in [-0.1, -0.05) is 139 Å². The molecule has 0 amide bonds. The summed E-state index contributed by atoms with van der Waals surface area (Å²) in [5.41, 5.74) is 13.5. The van der Waals surface area contributed by atoms with Crippen molar-refractivity contribution in [1.29, 1.82) is 0 Å². The minimum absolute atomic E-state index is 0.156. The smallest absolute Gasteiger partial charge is 0.0509 e. The summed E-state index contributed by atoms with van der Waals surface area (Å²) in [6.45, 7) is 4.70. The highest BCUT2D eigenvalue weighted by Crippen LogP contribution is 2.56. The monoisotopic (exact) mass is 591 g/mol. The number of hydrogen-bond acceptors (Lipinski definition) is 1. The van der Waals surface area contributed by atoms with Crippen LogP contribution in [0.2, 0.25) is 0 Å². The van der Waals surface area contributed by atoms with Crippen molar-refractivity contribution in [2.45, 2.75) is 19.3 Å². The second-order valence-electron chi connectivity index (χ2n) is 11.1. The first-order chi connectivity index (χ1) is 20.0. The SMILES string of the molecule is CC1(C)c2ccccc2-c2c(Br)ccc(N(c3ccc(-c4ccccc4)cc3)c3ccc(-c4ccccc4)cc3)c21. The predicted octanol–water partition coefficient (Wildman–Crippen LogP) is 11.6. The second-order valence-corrected chi connectivity index (χ2v) is 12.0. The molecule has 0 bridgehead atoms. The van der Waals surface area contributed by atoms with E-state index in [1.807, 2.05) is 0 Å². The zero-order valence-electron chi connectivity index (χ0n) is 23.2. The molecule has 0 unspecified atom stereocenters. The van der Waals surface area contributed by atoms with Crippen molar-refractivity contribution >= 4 is 33.0 Å². The second kappa shape index (κ2) is 10.2. The molecule has 0 N–H and O–H groups in total. The number of fused-ring (bicyclic) bond motifs is 3. The first-order valence-electron chi connectivity index (χ1n) is 14.1. The Bertz CT molecular complexity index is 1750. The maximum atomic E-state index is 3.92. The van der Waals surface area contributed by atoms with E-state index >= 15 is 0 Å². The molecule has 1 nitrogen and oxygen atoms in total. The average molecular weight is 593 g/mol. The van der Waals surface area contributed by atoms with Gasteiger partial charge in [0.15, 0.2) is 0 Å². The fourth-order valence-corrected chi connectivity index (χ4v) is 6.87. The molecule has 0 fully saturated rings. The summed E-state index contributed by atoms with van der Waals surface area (Å²) in [6.07, 6.45) is 0. The predicted molar refractivity (Wildman–Crippen MR) is 177 cm³/mol. The van der Waals surface area contributed by atoms with Gasteiger partial charge < -0.3 is 4.90 Å². The lowest BCUT2D eigenvalue weighted by Gasteiger charge is -2.32. The molecule has 0 saturated heterocycles. The fourth-order valence-electron chi connectivity index (χ4n) is 6.32. The minimum atomic E-state index is -0.156. The molecular weight excluding hydrogens is 562 g/mol. The van der Waals surface area contributed by atoms with E-state index in [1.165, 1.54) is 50.2 Å². The lowest BCUT2D eigenvalue weighted by Crippen LogP contribution is -2.20. The van der Waals surface area contributed by atoms with Crippen molar-refractivity contribution in [3.63, 3.8) is 0 Å². The molecule has 1 aliphatic carbocycles. The highest BCUT2D eigenvalue weighted by molar-refractivity contribution is 9.10. The molecule has 198 valence electrons. The van der Waals surface area contributed by atoms with E-state index in [1.54, 1.807) is 0 Å². The van der Waals surface area contributed by atoms with Crippen LogP contribution in [-0.2, 0) is 5.41 Å². The molecule has 41 heavy (non-hydrogen) atoms. The maximum Gasteiger partial charge on any atom is 0.0509 e. The van der Waals surface area contributed by atoms with Gasteiger partial charge in [0, 0.05) is 26.8 Å². The summed E-state index contributed by atoms with van der Waals surface area (Å²) < 4.78 is 1.13. The van der Waals surface area contributed by atoms with E-state index in [-0.39, 0.29) is 5.41 Å². The minimum Gasteiger partial charge on any atom is -0.310 e. The molecule has 1 aliphatic rings. The van der Waals surface area contributed by atoms with E-state index in [9.17, 15) is 0 Å². The van der Waals surface area contributed by atoms with Gasteiger partial charge in [0.05, 0.1) is 5.69 Å². The quantitative estimate of drug-likeness (QED) is 0.193. The molecule has 2 heteroatoms. The Labute approximate surface area is 250 Å². The van der Waals surface area contributed by atoms with Crippen molar-refractivity contribution in [2.24, 2.45) is 0 Å². The lowest BCUT2D eigenvalue weighted by molar-refractivity contribution is 0.660. The Morgan fingerprint density at radius 3 is 1.49 bits per heavy atom. The molecule has 0 aromatic heterocycles. The molecule has 6 aromatic carbocycles. The summed E-state index contributed by atoms with van der Waals surface area (Å²) in [7, 11) is 0. The van der Waals surface area contributed by atoms with Crippen LogP contribution >= 0.6 is 15.9 Å². The normalized spacial score (nSPS) is 13.0. The third-order valence-electron chi connectivity index (χ3n) is 8.33. The number of nitrogens with zero attached hydrogens (tertiary/aromatic N) is 1. The summed E-state index contributed by atoms with van der Waals surface area (Å²) in [5.74, 6) is 0. The lowest BCUT2D eigenvalue weighted by atomic mass is 9.81. The third-order valence-corrected chi connectivity index (χ3v) is 8.99. The molecule has 0 radical (unpaired) electrons. The van der Waals surface area contributed by atoms with E-state index in [2.05, 4.69) is 180 Å². The van der Waals surface area contributed by atoms with E-state index < -0.39 is 0 Å². The van der Waals surface area contributed by atoms with Gasteiger partial charge >= 0.3 is 0 Å². The Morgan fingerprint density at radius 1 is 0.488 bits per heavy atom. The van der Waals surface area contributed by atoms with Gasteiger partial charge in [0.25, 0.3) is 0 Å². The van der Waals surface area contributed by atoms with Crippen LogP contribution in [-0.4, -0.2) is 0 Å². The summed E-state index contributed by atoms with van der Waals surface area (Å²) in [4.78, 5) is 2.42. The van der Waals surface area contributed by atoms with Gasteiger partial charge in [-0.3, -0.25) is 0 Å². The van der Waals surface area contributed by atoms with E-state index in [0.717, 1.165) is 15.8 Å². The number of halogens is 1. The topological polar surface area (TPSA) is 3.24 Å². The molecule has 7 rings (SSSR count). The molecule has 0 saturated carbocycles. The Kier molecular flexibility index (Phi) is 6.37. The molecule has 6 aromatic rings. The van der Waals surface area contributed by atoms with Gasteiger partial charge in [-0.05, 0) is 75.3 Å². The number of benzene rings is 6. The summed E-state index contributed by atoms with van der Waals surface area (Å²) in [5, 5.41) is 0. The Hall–Kier alpha value is -4.40. The first kappa shape index (κ1) is 25.6. The van der Waals surface area contributed by atoms with Crippen molar-refractivity contribution in [3.05, 3.63) is 161 Å². The van der Waals surface area contributed by atoms with Gasteiger partial charge in [0.2, 0.25) is 0 Å². The van der Waals surface area contributed by atoms with Crippen molar-refractivity contribution in [3.8, 4) is 33.4 Å². The van der Waals surface area contributed by atoms with Crippen molar-refractivity contribution < 1.29 is 0 Å². The van der Waals surface area contributed by atoms with Gasteiger partial charge in [0.1, 0.15) is 0 Å². The van der Waals surface area contributed by atoms with Crippen LogP contribution in [0.15, 0.2) is 150 Å². The zero-order valence-corrected chi connectivity index (χ0v) is 24.8. The van der Waals surface area contributed by atoms with Crippen molar-refractivity contribution in [2.75, 3.05) is 4.90 Å². The summed E-state index contributed by atoms with van der Waals surface area (Å²) >= 11 is 3.92. The van der Waals surface area contributed by atoms with Crippen LogP contribution in [0.1, 0.15) is 25.0 Å². The van der Waals surface area contributed by atoms with Crippen LogP contribution in [0.25, 0.3) is 33.4 Å². The highest BCUT2D eigenvalue weighted by Gasteiger charge is 2.40. The van der Waals surface area contributed by atoms with Gasteiger partial charge in [-0.25, -0.2) is 0 Å². The van der Waals surface area contributed by atoms with Crippen LogP contribution in [0, 0.1) is 0 Å². The molecule has 0 spiro atoms. The standard InChI is InChI=1S/C39H30BrN/c1-39(2)34-16-10-9-15-33(34)37-35(40)25-26-36(38(37)39)41(31-21-17-29(18-22-31)27-11-5-3-6-12-27)32-23-19-30(20-24-32)28-13-7-4-8-14-28/h3-26H,1-2H3. The Morgan fingerprint density at radius 2 is 0.951 bits per heavy atom. The van der Waals surface area contributed by atoms with Crippen LogP contribution < -0.4 is 4.90 Å². The number of rotatable bonds is 5. The van der Waals surface area contributed by atoms with Crippen LogP contribution in [0.3, 0.4) is 0 Å². The van der Waals surface area contributed by atoms with E-state index in [4.69, 9.17) is 0 Å². The third kappa shape index (κ3) is 4.40. The van der Waals surface area contributed by atoms with E-state index in [0.29, 0.717) is 0 Å². The Balaban J connectivity index is 1.41. The number of hydrogen-bond donors (Lipinski definition) is 0. The average Bonchev–Trinajstić information content (AvgIpc) is 3.28. The largest absolute Gasteiger partial charge is 0.310 e. The van der Waals surface area contributed by atoms with Gasteiger partial charge in [-0.15, -0.1) is 0 Å². The zero-order chi connectivity index (χ0) is 28.0. The molecule has 0 heterocycles. The van der Waals surface area contributed by atoms with Crippen LogP contribution in [0.5, 0.6) is 0 Å². The van der Waals surface area contributed by atoms with Gasteiger partial charge in [-0.2, -0.15) is 0 Å². The number of anilines is 3. The summed E-state index contributed by atoms with van der Waals surface area (Å²) in [6, 6.07) is 52.4. The van der Waals surface area contributed by atoms with Crippen molar-refractivity contribution in [1.82, 2.24) is 0 Å². The molecular formula is C39H30BrN. The first-order valence-corrected chi connectivity index (χ1v) is 14.9. The highest BCUT2D eigenvalue weighted by atomic mass is 79.9. The molecule has 0 atom stereocenters. The van der Waals surface area contributed by atoms with Crippen LogP contribution in [0.4, 0.5) is 17.1 Å². The maximum absolute atomic E-state index is 3.92. The molecule has 0 aliphatic heterocycles.